The van der Waals surface area contributed by atoms with Gasteiger partial charge in [0.1, 0.15) is 0 Å². The van der Waals surface area contributed by atoms with E-state index in [-0.39, 0.29) is 18.2 Å². The number of nitrogens with zero attached hydrogens (tertiary/aromatic N) is 2. The van der Waals surface area contributed by atoms with Gasteiger partial charge in [0.15, 0.2) is 0 Å². The highest BCUT2D eigenvalue weighted by Crippen LogP contribution is 2.23. The summed E-state index contributed by atoms with van der Waals surface area (Å²) in [6.07, 6.45) is 4.20. The molecule has 0 radical (unpaired) electrons. The Balaban J connectivity index is 2.13. The van der Waals surface area contributed by atoms with E-state index >= 15 is 0 Å². The Morgan fingerprint density at radius 2 is 1.94 bits per heavy atom. The Bertz CT molecular complexity index is 334. The lowest BCUT2D eigenvalue weighted by Gasteiger charge is -2.40. The van der Waals surface area contributed by atoms with Crippen LogP contribution >= 0.6 is 0 Å². The predicted molar refractivity (Wildman–Crippen MR) is 67.6 cm³/mol. The zero-order valence-electron chi connectivity index (χ0n) is 10.5. The van der Waals surface area contributed by atoms with Crippen LogP contribution in [0.5, 0.6) is 0 Å². The highest BCUT2D eigenvalue weighted by atomic mass is 16.5. The molecule has 94 valence electrons. The number of ether oxygens (including phenoxy) is 1. The Morgan fingerprint density at radius 3 is 2.47 bits per heavy atom. The molecule has 0 spiro atoms. The van der Waals surface area contributed by atoms with Gasteiger partial charge in [-0.3, -0.25) is 9.88 Å². The highest BCUT2D eigenvalue weighted by Gasteiger charge is 2.27. The van der Waals surface area contributed by atoms with Crippen molar-refractivity contribution in [2.24, 2.45) is 5.73 Å². The van der Waals surface area contributed by atoms with Gasteiger partial charge in [0.25, 0.3) is 0 Å². The maximum atomic E-state index is 5.92. The molecule has 4 heteroatoms. The SMILES string of the molecule is C[C@@H]1CN(C(CN)c2ccncc2)C[C@H](C)O1. The van der Waals surface area contributed by atoms with E-state index in [0.717, 1.165) is 13.1 Å². The smallest absolute Gasteiger partial charge is 0.0678 e. The van der Waals surface area contributed by atoms with Crippen LogP contribution < -0.4 is 5.73 Å². The van der Waals surface area contributed by atoms with Gasteiger partial charge >= 0.3 is 0 Å². The summed E-state index contributed by atoms with van der Waals surface area (Å²) < 4.78 is 5.75. The molecule has 1 aliphatic rings. The maximum absolute atomic E-state index is 5.92. The van der Waals surface area contributed by atoms with E-state index in [0.29, 0.717) is 6.54 Å². The number of hydrogen-bond donors (Lipinski definition) is 1. The largest absolute Gasteiger partial charge is 0.373 e. The Labute approximate surface area is 103 Å². The second-order valence-corrected chi connectivity index (χ2v) is 4.74. The van der Waals surface area contributed by atoms with E-state index in [1.807, 2.05) is 24.5 Å². The molecule has 17 heavy (non-hydrogen) atoms. The summed E-state index contributed by atoms with van der Waals surface area (Å²) in [7, 11) is 0. The van der Waals surface area contributed by atoms with Crippen LogP contribution in [0.2, 0.25) is 0 Å². The quantitative estimate of drug-likeness (QED) is 0.855. The van der Waals surface area contributed by atoms with Crippen LogP contribution in [-0.4, -0.2) is 41.7 Å². The second kappa shape index (κ2) is 5.58. The van der Waals surface area contributed by atoms with Crippen molar-refractivity contribution < 1.29 is 4.74 Å². The van der Waals surface area contributed by atoms with Gasteiger partial charge < -0.3 is 10.5 Å². The normalized spacial score (nSPS) is 27.9. The number of pyridine rings is 1. The molecule has 1 aliphatic heterocycles. The number of nitrogens with two attached hydrogens (primary N) is 1. The van der Waals surface area contributed by atoms with E-state index in [4.69, 9.17) is 10.5 Å². The molecule has 2 heterocycles. The van der Waals surface area contributed by atoms with Crippen molar-refractivity contribution in [2.45, 2.75) is 32.1 Å². The van der Waals surface area contributed by atoms with Gasteiger partial charge in [0, 0.05) is 38.1 Å². The monoisotopic (exact) mass is 235 g/mol. The van der Waals surface area contributed by atoms with Gasteiger partial charge in [-0.15, -0.1) is 0 Å². The first-order valence-corrected chi connectivity index (χ1v) is 6.20. The van der Waals surface area contributed by atoms with Gasteiger partial charge in [0.05, 0.1) is 12.2 Å². The van der Waals surface area contributed by atoms with Crippen molar-refractivity contribution in [1.29, 1.82) is 0 Å². The van der Waals surface area contributed by atoms with E-state index in [1.54, 1.807) is 0 Å². The summed E-state index contributed by atoms with van der Waals surface area (Å²) in [4.78, 5) is 6.46. The summed E-state index contributed by atoms with van der Waals surface area (Å²) in [6.45, 7) is 6.73. The van der Waals surface area contributed by atoms with Gasteiger partial charge in [-0.2, -0.15) is 0 Å². The first-order valence-electron chi connectivity index (χ1n) is 6.20. The van der Waals surface area contributed by atoms with Crippen molar-refractivity contribution in [3.05, 3.63) is 30.1 Å². The van der Waals surface area contributed by atoms with Crippen LogP contribution in [0.3, 0.4) is 0 Å². The standard InChI is InChI=1S/C13H21N3O/c1-10-8-16(9-11(2)17-10)13(7-14)12-3-5-15-6-4-12/h3-6,10-11,13H,7-9,14H2,1-2H3/t10-,11+,13?. The summed E-state index contributed by atoms with van der Waals surface area (Å²) in [5.41, 5.74) is 7.16. The number of aromatic nitrogens is 1. The Kier molecular flexibility index (Phi) is 4.10. The lowest BCUT2D eigenvalue weighted by atomic mass is 10.0. The fourth-order valence-corrected chi connectivity index (χ4v) is 2.55. The zero-order chi connectivity index (χ0) is 12.3. The average Bonchev–Trinajstić information content (AvgIpc) is 2.30. The molecule has 1 aromatic heterocycles. The average molecular weight is 235 g/mol. The molecular formula is C13H21N3O. The molecule has 0 aromatic carbocycles. The molecule has 3 atom stereocenters. The molecule has 1 fully saturated rings. The first kappa shape index (κ1) is 12.5. The third-order valence-electron chi connectivity index (χ3n) is 3.20. The molecule has 1 saturated heterocycles. The van der Waals surface area contributed by atoms with E-state index < -0.39 is 0 Å². The molecule has 1 unspecified atom stereocenters. The van der Waals surface area contributed by atoms with Crippen molar-refractivity contribution >= 4 is 0 Å². The maximum Gasteiger partial charge on any atom is 0.0678 e. The fraction of sp³-hybridized carbons (Fsp3) is 0.615. The third-order valence-corrected chi connectivity index (χ3v) is 3.20. The number of morpholine rings is 1. The lowest BCUT2D eigenvalue weighted by molar-refractivity contribution is -0.0799. The van der Waals surface area contributed by atoms with Crippen LogP contribution in [0.25, 0.3) is 0 Å². The van der Waals surface area contributed by atoms with Gasteiger partial charge in [-0.1, -0.05) is 0 Å². The fourth-order valence-electron chi connectivity index (χ4n) is 2.55. The minimum atomic E-state index is 0.270. The second-order valence-electron chi connectivity index (χ2n) is 4.74. The van der Waals surface area contributed by atoms with Gasteiger partial charge in [-0.05, 0) is 31.5 Å². The van der Waals surface area contributed by atoms with Gasteiger partial charge in [0.2, 0.25) is 0 Å². The van der Waals surface area contributed by atoms with Crippen LogP contribution in [0.15, 0.2) is 24.5 Å². The Hall–Kier alpha value is -0.970. The van der Waals surface area contributed by atoms with E-state index in [9.17, 15) is 0 Å². The summed E-state index contributed by atoms with van der Waals surface area (Å²) in [6, 6.07) is 4.36. The summed E-state index contributed by atoms with van der Waals surface area (Å²) in [5, 5.41) is 0. The minimum absolute atomic E-state index is 0.270. The summed E-state index contributed by atoms with van der Waals surface area (Å²) in [5.74, 6) is 0. The lowest BCUT2D eigenvalue weighted by Crippen LogP contribution is -2.48. The highest BCUT2D eigenvalue weighted by molar-refractivity contribution is 5.16. The van der Waals surface area contributed by atoms with Crippen LogP contribution in [0.4, 0.5) is 0 Å². The number of hydrogen-bond acceptors (Lipinski definition) is 4. The minimum Gasteiger partial charge on any atom is -0.373 e. The van der Waals surface area contributed by atoms with Crippen molar-refractivity contribution in [2.75, 3.05) is 19.6 Å². The van der Waals surface area contributed by atoms with E-state index in [1.165, 1.54) is 5.56 Å². The third kappa shape index (κ3) is 3.03. The van der Waals surface area contributed by atoms with Crippen molar-refractivity contribution in [3.8, 4) is 0 Å². The Morgan fingerprint density at radius 1 is 1.35 bits per heavy atom. The molecule has 2 rings (SSSR count). The molecule has 2 N–H and O–H groups in total. The van der Waals surface area contributed by atoms with Crippen LogP contribution in [0.1, 0.15) is 25.5 Å². The first-order chi connectivity index (χ1) is 8.20. The molecule has 0 bridgehead atoms. The van der Waals surface area contributed by atoms with Crippen molar-refractivity contribution in [1.82, 2.24) is 9.88 Å². The molecule has 0 amide bonds. The number of rotatable bonds is 3. The molecule has 0 aliphatic carbocycles. The topological polar surface area (TPSA) is 51.4 Å². The molecule has 0 saturated carbocycles. The summed E-state index contributed by atoms with van der Waals surface area (Å²) >= 11 is 0. The molecule has 4 nitrogen and oxygen atoms in total. The molecule has 1 aromatic rings. The van der Waals surface area contributed by atoms with Crippen molar-refractivity contribution in [3.63, 3.8) is 0 Å². The zero-order valence-corrected chi connectivity index (χ0v) is 10.5. The van der Waals surface area contributed by atoms with Gasteiger partial charge in [-0.25, -0.2) is 0 Å². The molecular weight excluding hydrogens is 214 g/mol. The predicted octanol–water partition coefficient (Wildman–Crippen LogP) is 1.19. The van der Waals surface area contributed by atoms with Crippen LogP contribution in [-0.2, 0) is 4.74 Å². The van der Waals surface area contributed by atoms with E-state index in [2.05, 4.69) is 23.7 Å². The van der Waals surface area contributed by atoms with Crippen LogP contribution in [0, 0.1) is 0 Å².